The topological polar surface area (TPSA) is 49.3 Å². The molecule has 0 aromatic heterocycles. The van der Waals surface area contributed by atoms with Gasteiger partial charge in [-0.15, -0.1) is 0 Å². The fourth-order valence-corrected chi connectivity index (χ4v) is 3.97. The van der Waals surface area contributed by atoms with Gasteiger partial charge >= 0.3 is 0 Å². The van der Waals surface area contributed by atoms with Gasteiger partial charge in [0.15, 0.2) is 0 Å². The Morgan fingerprint density at radius 1 is 1.15 bits per heavy atom. The summed E-state index contributed by atoms with van der Waals surface area (Å²) in [6, 6.07) is 0. The van der Waals surface area contributed by atoms with Gasteiger partial charge in [0.2, 0.25) is 5.91 Å². The molecule has 0 aromatic carbocycles. The maximum absolute atomic E-state index is 12.7. The third kappa shape index (κ3) is 3.36. The van der Waals surface area contributed by atoms with Crippen LogP contribution in [0.3, 0.4) is 0 Å². The molecule has 1 unspecified atom stereocenters. The average Bonchev–Trinajstić information content (AvgIpc) is 2.41. The summed E-state index contributed by atoms with van der Waals surface area (Å²) >= 11 is 0. The smallest absolute Gasteiger partial charge is 0.224 e. The van der Waals surface area contributed by atoms with E-state index in [1.54, 1.807) is 0 Å². The molecule has 0 bridgehead atoms. The van der Waals surface area contributed by atoms with Crippen molar-refractivity contribution in [3.8, 4) is 0 Å². The fourth-order valence-electron chi connectivity index (χ4n) is 3.97. The molecule has 3 heteroatoms. The number of aliphatic hydroxyl groups is 1. The van der Waals surface area contributed by atoms with E-state index < -0.39 is 0 Å². The van der Waals surface area contributed by atoms with Crippen molar-refractivity contribution in [2.75, 3.05) is 6.61 Å². The van der Waals surface area contributed by atoms with Crippen LogP contribution in [0.25, 0.3) is 0 Å². The second-order valence-electron chi connectivity index (χ2n) is 7.90. The minimum atomic E-state index is -0.350. The first-order valence-corrected chi connectivity index (χ1v) is 8.31. The molecule has 2 rings (SSSR count). The zero-order chi connectivity index (χ0) is 14.8. The number of nitrogens with one attached hydrogen (secondary N) is 1. The molecule has 0 heterocycles. The van der Waals surface area contributed by atoms with Gasteiger partial charge in [0.05, 0.1) is 12.1 Å². The molecule has 0 aliphatic heterocycles. The third-order valence-electron chi connectivity index (χ3n) is 5.75. The van der Waals surface area contributed by atoms with Gasteiger partial charge in [-0.05, 0) is 49.9 Å². The molecule has 2 aliphatic carbocycles. The van der Waals surface area contributed by atoms with Gasteiger partial charge in [-0.25, -0.2) is 0 Å². The molecule has 0 spiro atoms. The van der Waals surface area contributed by atoms with Crippen molar-refractivity contribution in [1.82, 2.24) is 5.32 Å². The Labute approximate surface area is 123 Å². The Hall–Kier alpha value is -0.570. The molecule has 3 nitrogen and oxygen atoms in total. The molecule has 1 atom stereocenters. The van der Waals surface area contributed by atoms with E-state index >= 15 is 0 Å². The molecular weight excluding hydrogens is 250 g/mol. The molecule has 1 amide bonds. The van der Waals surface area contributed by atoms with Gasteiger partial charge in [-0.1, -0.05) is 33.6 Å². The van der Waals surface area contributed by atoms with Crippen molar-refractivity contribution in [3.63, 3.8) is 0 Å². The van der Waals surface area contributed by atoms with E-state index in [1.165, 1.54) is 6.42 Å². The molecule has 116 valence electrons. The summed E-state index contributed by atoms with van der Waals surface area (Å²) in [5.74, 6) is 1.01. The second-order valence-corrected chi connectivity index (χ2v) is 7.90. The van der Waals surface area contributed by atoms with Crippen LogP contribution in [0.5, 0.6) is 0 Å². The van der Waals surface area contributed by atoms with Gasteiger partial charge in [0.1, 0.15) is 0 Å². The standard InChI is InChI=1S/C17H31NO2/c1-13-7-10-17(12-19,11-8-13)18-15(20)14-6-4-5-9-16(14,2)3/h13-14,19H,4-12H2,1-3H3,(H,18,20). The summed E-state index contributed by atoms with van der Waals surface area (Å²) in [6.07, 6.45) is 8.58. The molecule has 2 fully saturated rings. The first kappa shape index (κ1) is 15.8. The van der Waals surface area contributed by atoms with Crippen LogP contribution in [0.2, 0.25) is 0 Å². The number of carbonyl (C=O) groups excluding carboxylic acids is 1. The van der Waals surface area contributed by atoms with E-state index in [4.69, 9.17) is 0 Å². The van der Waals surface area contributed by atoms with Gasteiger partial charge < -0.3 is 10.4 Å². The largest absolute Gasteiger partial charge is 0.394 e. The zero-order valence-corrected chi connectivity index (χ0v) is 13.4. The first-order valence-electron chi connectivity index (χ1n) is 8.31. The lowest BCUT2D eigenvalue weighted by atomic mass is 9.68. The Bertz CT molecular complexity index is 343. The SMILES string of the molecule is CC1CCC(CO)(NC(=O)C2CCCCC2(C)C)CC1. The van der Waals surface area contributed by atoms with E-state index in [0.717, 1.165) is 50.9 Å². The van der Waals surface area contributed by atoms with Crippen LogP contribution < -0.4 is 5.32 Å². The lowest BCUT2D eigenvalue weighted by Gasteiger charge is -2.43. The maximum atomic E-state index is 12.7. The summed E-state index contributed by atoms with van der Waals surface area (Å²) in [5, 5.41) is 13.0. The summed E-state index contributed by atoms with van der Waals surface area (Å²) in [6.45, 7) is 6.77. The van der Waals surface area contributed by atoms with Gasteiger partial charge in [-0.3, -0.25) is 4.79 Å². The first-order chi connectivity index (χ1) is 9.38. The van der Waals surface area contributed by atoms with Crippen molar-refractivity contribution >= 4 is 5.91 Å². The molecule has 2 N–H and O–H groups in total. The highest BCUT2D eigenvalue weighted by atomic mass is 16.3. The average molecular weight is 281 g/mol. The van der Waals surface area contributed by atoms with Crippen LogP contribution in [0.1, 0.15) is 72.1 Å². The number of rotatable bonds is 3. The minimum absolute atomic E-state index is 0.0820. The van der Waals surface area contributed by atoms with E-state index in [2.05, 4.69) is 26.1 Å². The van der Waals surface area contributed by atoms with Crippen molar-refractivity contribution in [1.29, 1.82) is 0 Å². The molecular formula is C17H31NO2. The van der Waals surface area contributed by atoms with Crippen molar-refractivity contribution < 1.29 is 9.90 Å². The molecule has 0 aromatic rings. The van der Waals surface area contributed by atoms with Crippen LogP contribution in [0, 0.1) is 17.3 Å². The Kier molecular flexibility index (Phi) is 4.78. The zero-order valence-electron chi connectivity index (χ0n) is 13.4. The van der Waals surface area contributed by atoms with E-state index in [9.17, 15) is 9.90 Å². The highest BCUT2D eigenvalue weighted by Crippen LogP contribution is 2.41. The van der Waals surface area contributed by atoms with Crippen LogP contribution in [0.4, 0.5) is 0 Å². The highest BCUT2D eigenvalue weighted by molar-refractivity contribution is 5.80. The lowest BCUT2D eigenvalue weighted by Crippen LogP contribution is -2.56. The van der Waals surface area contributed by atoms with E-state index in [-0.39, 0.29) is 29.4 Å². The Morgan fingerprint density at radius 2 is 1.80 bits per heavy atom. The van der Waals surface area contributed by atoms with Crippen molar-refractivity contribution in [2.24, 2.45) is 17.3 Å². The Balaban J connectivity index is 2.02. The van der Waals surface area contributed by atoms with Crippen LogP contribution in [0.15, 0.2) is 0 Å². The number of hydrogen-bond donors (Lipinski definition) is 2. The highest BCUT2D eigenvalue weighted by Gasteiger charge is 2.41. The second kappa shape index (κ2) is 6.05. The quantitative estimate of drug-likeness (QED) is 0.834. The summed E-state index contributed by atoms with van der Waals surface area (Å²) < 4.78 is 0. The number of aliphatic hydroxyl groups excluding tert-OH is 1. The fraction of sp³-hybridized carbons (Fsp3) is 0.941. The summed E-state index contributed by atoms with van der Waals surface area (Å²) in [5.41, 5.74) is -0.252. The number of amides is 1. The van der Waals surface area contributed by atoms with Gasteiger partial charge in [-0.2, -0.15) is 0 Å². The van der Waals surface area contributed by atoms with Crippen LogP contribution >= 0.6 is 0 Å². The molecule has 0 saturated heterocycles. The molecule has 20 heavy (non-hydrogen) atoms. The van der Waals surface area contributed by atoms with Crippen molar-refractivity contribution in [3.05, 3.63) is 0 Å². The third-order valence-corrected chi connectivity index (χ3v) is 5.75. The predicted molar refractivity (Wildman–Crippen MR) is 81.3 cm³/mol. The van der Waals surface area contributed by atoms with E-state index in [1.807, 2.05) is 0 Å². The van der Waals surface area contributed by atoms with E-state index in [0.29, 0.717) is 0 Å². The molecule has 2 aliphatic rings. The number of carbonyl (C=O) groups is 1. The van der Waals surface area contributed by atoms with Crippen LogP contribution in [-0.4, -0.2) is 23.2 Å². The summed E-state index contributed by atoms with van der Waals surface area (Å²) in [4.78, 5) is 12.7. The summed E-state index contributed by atoms with van der Waals surface area (Å²) in [7, 11) is 0. The predicted octanol–water partition coefficient (Wildman–Crippen LogP) is 3.26. The lowest BCUT2D eigenvalue weighted by molar-refractivity contribution is -0.133. The maximum Gasteiger partial charge on any atom is 0.224 e. The van der Waals surface area contributed by atoms with Gasteiger partial charge in [0.25, 0.3) is 0 Å². The number of hydrogen-bond acceptors (Lipinski definition) is 2. The Morgan fingerprint density at radius 3 is 2.35 bits per heavy atom. The molecule has 2 saturated carbocycles. The van der Waals surface area contributed by atoms with Crippen LogP contribution in [-0.2, 0) is 4.79 Å². The normalized spacial score (nSPS) is 37.4. The van der Waals surface area contributed by atoms with Crippen molar-refractivity contribution in [2.45, 2.75) is 77.7 Å². The van der Waals surface area contributed by atoms with Gasteiger partial charge in [0, 0.05) is 5.92 Å². The minimum Gasteiger partial charge on any atom is -0.394 e. The molecule has 0 radical (unpaired) electrons. The monoisotopic (exact) mass is 281 g/mol.